The molecule has 0 saturated carbocycles. The van der Waals surface area contributed by atoms with Crippen molar-refractivity contribution in [2.24, 2.45) is 0 Å². The first kappa shape index (κ1) is 24.6. The van der Waals surface area contributed by atoms with Crippen LogP contribution in [0.25, 0.3) is 28.3 Å². The second-order valence-corrected chi connectivity index (χ2v) is 9.04. The zero-order chi connectivity index (χ0) is 26.2. The van der Waals surface area contributed by atoms with Crippen LogP contribution in [-0.4, -0.2) is 34.4 Å². The Labute approximate surface area is 211 Å². The van der Waals surface area contributed by atoms with E-state index in [-0.39, 0.29) is 11.4 Å². The first-order chi connectivity index (χ1) is 17.7. The molecule has 1 saturated heterocycles. The highest BCUT2D eigenvalue weighted by Gasteiger charge is 2.35. The smallest absolute Gasteiger partial charge is 0.418 e. The molecule has 5 rings (SSSR count). The third-order valence-corrected chi connectivity index (χ3v) is 6.35. The van der Waals surface area contributed by atoms with Gasteiger partial charge in [-0.25, -0.2) is 4.98 Å². The van der Waals surface area contributed by atoms with Gasteiger partial charge in [-0.1, -0.05) is 0 Å². The third kappa shape index (κ3) is 4.96. The lowest BCUT2D eigenvalue weighted by Crippen LogP contribution is -2.28. The second kappa shape index (κ2) is 9.76. The summed E-state index contributed by atoms with van der Waals surface area (Å²) in [5.74, 6) is 0.544. The Bertz CT molecular complexity index is 1470. The number of aromatic nitrogens is 3. The van der Waals surface area contributed by atoms with Gasteiger partial charge in [0.15, 0.2) is 12.2 Å². The van der Waals surface area contributed by atoms with Gasteiger partial charge in [0.25, 0.3) is 5.56 Å². The average Bonchev–Trinajstić information content (AvgIpc) is 3.59. The maximum absolute atomic E-state index is 14.1. The molecule has 1 aliphatic heterocycles. The number of alkyl halides is 3. The Morgan fingerprint density at radius 2 is 1.81 bits per heavy atom. The maximum Gasteiger partial charge on any atom is 0.418 e. The first-order valence-corrected chi connectivity index (χ1v) is 12.1. The van der Waals surface area contributed by atoms with Crippen LogP contribution in [0.1, 0.15) is 30.9 Å². The van der Waals surface area contributed by atoms with Crippen molar-refractivity contribution < 1.29 is 17.6 Å². The summed E-state index contributed by atoms with van der Waals surface area (Å²) < 4.78 is 48.7. The molecule has 0 spiro atoms. The number of nitrogens with zero attached hydrogens (tertiary/aromatic N) is 4. The minimum Gasteiger partial charge on any atom is -0.444 e. The zero-order valence-electron chi connectivity index (χ0n) is 20.5. The van der Waals surface area contributed by atoms with E-state index in [2.05, 4.69) is 15.4 Å². The van der Waals surface area contributed by atoms with E-state index < -0.39 is 17.3 Å². The molecule has 10 heteroatoms. The minimum atomic E-state index is -4.67. The van der Waals surface area contributed by atoms with Crippen molar-refractivity contribution in [3.05, 3.63) is 76.5 Å². The van der Waals surface area contributed by atoms with Gasteiger partial charge in [0.2, 0.25) is 0 Å². The van der Waals surface area contributed by atoms with Gasteiger partial charge in [0, 0.05) is 36.4 Å². The molecule has 0 radical (unpaired) electrons. The predicted octanol–water partition coefficient (Wildman–Crippen LogP) is 5.91. The van der Waals surface area contributed by atoms with E-state index in [0.717, 1.165) is 47.8 Å². The normalized spacial score (nSPS) is 13.8. The topological polar surface area (TPSA) is 76.2 Å². The van der Waals surface area contributed by atoms with Crippen molar-refractivity contribution in [2.45, 2.75) is 32.9 Å². The van der Waals surface area contributed by atoms with E-state index in [0.29, 0.717) is 29.2 Å². The Morgan fingerprint density at radius 3 is 2.49 bits per heavy atom. The molecular weight excluding hydrogens is 483 g/mol. The van der Waals surface area contributed by atoms with Gasteiger partial charge < -0.3 is 14.6 Å². The van der Waals surface area contributed by atoms with Crippen molar-refractivity contribution in [3.8, 4) is 28.3 Å². The van der Waals surface area contributed by atoms with Crippen LogP contribution in [0.2, 0.25) is 0 Å². The van der Waals surface area contributed by atoms with E-state index >= 15 is 0 Å². The van der Waals surface area contributed by atoms with Crippen LogP contribution in [-0.2, 0) is 6.18 Å². The summed E-state index contributed by atoms with van der Waals surface area (Å²) in [6.45, 7) is 5.63. The van der Waals surface area contributed by atoms with E-state index in [4.69, 9.17) is 4.42 Å². The molecule has 1 aliphatic rings. The van der Waals surface area contributed by atoms with E-state index in [1.54, 1.807) is 12.3 Å². The monoisotopic (exact) mass is 509 g/mol. The van der Waals surface area contributed by atoms with Gasteiger partial charge in [-0.05, 0) is 74.7 Å². The first-order valence-electron chi connectivity index (χ1n) is 12.1. The van der Waals surface area contributed by atoms with Gasteiger partial charge in [-0.3, -0.25) is 4.79 Å². The molecule has 0 amide bonds. The van der Waals surface area contributed by atoms with Crippen molar-refractivity contribution in [1.82, 2.24) is 14.8 Å². The summed E-state index contributed by atoms with van der Waals surface area (Å²) in [5.41, 5.74) is 1.52. The number of oxazole rings is 1. The maximum atomic E-state index is 14.1. The van der Waals surface area contributed by atoms with Gasteiger partial charge in [0.05, 0.1) is 23.1 Å². The molecule has 2 aromatic carbocycles. The Morgan fingerprint density at radius 1 is 1.05 bits per heavy atom. The van der Waals surface area contributed by atoms with Crippen molar-refractivity contribution in [1.29, 1.82) is 0 Å². The molecule has 37 heavy (non-hydrogen) atoms. The van der Waals surface area contributed by atoms with Gasteiger partial charge in [-0.15, -0.1) is 0 Å². The summed E-state index contributed by atoms with van der Waals surface area (Å²) in [6, 6.07) is 11.1. The zero-order valence-corrected chi connectivity index (χ0v) is 20.5. The van der Waals surface area contributed by atoms with Crippen LogP contribution in [0.15, 0.2) is 64.3 Å². The van der Waals surface area contributed by atoms with Crippen LogP contribution in [0, 0.1) is 6.92 Å². The molecule has 7 nitrogen and oxygen atoms in total. The number of hydrogen-bond donors (Lipinski definition) is 1. The molecule has 4 aromatic rings. The molecule has 0 aliphatic carbocycles. The van der Waals surface area contributed by atoms with Gasteiger partial charge in [0.1, 0.15) is 5.69 Å². The number of rotatable bonds is 6. The van der Waals surface area contributed by atoms with Crippen LogP contribution in [0.5, 0.6) is 0 Å². The lowest BCUT2D eigenvalue weighted by molar-refractivity contribution is -0.137. The fourth-order valence-corrected chi connectivity index (χ4v) is 4.65. The second-order valence-electron chi connectivity index (χ2n) is 9.04. The number of hydrogen-bond acceptors (Lipinski definition) is 6. The molecule has 192 valence electrons. The van der Waals surface area contributed by atoms with Gasteiger partial charge in [-0.2, -0.15) is 23.0 Å². The summed E-state index contributed by atoms with van der Waals surface area (Å²) in [5, 5.41) is 7.45. The van der Waals surface area contributed by atoms with Crippen LogP contribution >= 0.6 is 0 Å². The summed E-state index contributed by atoms with van der Waals surface area (Å²) in [7, 11) is 0. The fourth-order valence-electron chi connectivity index (χ4n) is 4.65. The Hall–Kier alpha value is -4.08. The minimum absolute atomic E-state index is 0.162. The summed E-state index contributed by atoms with van der Waals surface area (Å²) in [6.07, 6.45) is 0.170. The lowest BCUT2D eigenvalue weighted by Gasteiger charge is -2.22. The van der Waals surface area contributed by atoms with Gasteiger partial charge >= 0.3 is 6.18 Å². The van der Waals surface area contributed by atoms with E-state index in [1.807, 2.05) is 36.9 Å². The molecule has 3 heterocycles. The van der Waals surface area contributed by atoms with Crippen molar-refractivity contribution >= 4 is 11.4 Å². The molecule has 0 unspecified atom stereocenters. The standard InChI is InChI=1S/C27H26F3N5O2/c1-3-32-23-14-22(18-10-17(2)11-19(12-18)25-15-31-16-37-25)33-35(26(23)36)24-13-20(34-8-4-5-9-34)6-7-21(24)27(28,29)30/h6-7,10-16,32H,3-5,8-9H2,1-2H3. The predicted molar refractivity (Wildman–Crippen MR) is 136 cm³/mol. The molecule has 0 bridgehead atoms. The molecular formula is C27H26F3N5O2. The van der Waals surface area contributed by atoms with E-state index in [9.17, 15) is 18.0 Å². The number of halogens is 3. The quantitative estimate of drug-likeness (QED) is 0.348. The lowest BCUT2D eigenvalue weighted by atomic mass is 10.0. The van der Waals surface area contributed by atoms with Crippen LogP contribution in [0.4, 0.5) is 24.5 Å². The highest BCUT2D eigenvalue weighted by molar-refractivity contribution is 5.71. The number of benzene rings is 2. The van der Waals surface area contributed by atoms with Crippen molar-refractivity contribution in [2.75, 3.05) is 29.9 Å². The summed E-state index contributed by atoms with van der Waals surface area (Å²) in [4.78, 5) is 19.4. The molecule has 2 aromatic heterocycles. The molecule has 0 atom stereocenters. The van der Waals surface area contributed by atoms with Crippen molar-refractivity contribution in [3.63, 3.8) is 0 Å². The number of nitrogens with one attached hydrogen (secondary N) is 1. The van der Waals surface area contributed by atoms with E-state index in [1.165, 1.54) is 18.5 Å². The summed E-state index contributed by atoms with van der Waals surface area (Å²) >= 11 is 0. The third-order valence-electron chi connectivity index (χ3n) is 6.35. The molecule has 1 fully saturated rings. The highest BCUT2D eigenvalue weighted by Crippen LogP contribution is 2.36. The largest absolute Gasteiger partial charge is 0.444 e. The molecule has 1 N–H and O–H groups in total. The Balaban J connectivity index is 1.73. The van der Waals surface area contributed by atoms with Crippen LogP contribution in [0.3, 0.4) is 0 Å². The van der Waals surface area contributed by atoms with Crippen LogP contribution < -0.4 is 15.8 Å². The average molecular weight is 510 g/mol. The SMILES string of the molecule is CCNc1cc(-c2cc(C)cc(-c3cnco3)c2)nn(-c2cc(N3CCCC3)ccc2C(F)(F)F)c1=O. The highest BCUT2D eigenvalue weighted by atomic mass is 19.4. The Kier molecular flexibility index (Phi) is 6.49. The number of aryl methyl sites for hydroxylation is 1. The number of anilines is 2. The fraction of sp³-hybridized carbons (Fsp3) is 0.296.